The van der Waals surface area contributed by atoms with Gasteiger partial charge in [0.15, 0.2) is 0 Å². The van der Waals surface area contributed by atoms with Crippen LogP contribution in [0.3, 0.4) is 0 Å². The maximum atomic E-state index is 12.0. The third kappa shape index (κ3) is 10.1. The molecule has 0 aliphatic rings. The number of unbranched alkanes of at least 4 members (excludes halogenated alkanes) is 2. The number of amides is 1. The number of carbonyl (C=O) groups excluding carboxylic acids is 1. The second kappa shape index (κ2) is 8.49. The van der Waals surface area contributed by atoms with E-state index in [1.807, 2.05) is 5.32 Å². The van der Waals surface area contributed by atoms with Crippen LogP contribution in [0.2, 0.25) is 0 Å². The largest absolute Gasteiger partial charge is 0.405 e. The van der Waals surface area contributed by atoms with E-state index >= 15 is 0 Å². The molecule has 1 unspecified atom stereocenters. The van der Waals surface area contributed by atoms with E-state index in [1.165, 1.54) is 6.42 Å². The molecule has 0 aromatic carbocycles. The van der Waals surface area contributed by atoms with Gasteiger partial charge in [-0.15, -0.1) is 0 Å². The third-order valence-corrected chi connectivity index (χ3v) is 3.20. The van der Waals surface area contributed by atoms with Gasteiger partial charge in [-0.3, -0.25) is 4.79 Å². The normalized spacial score (nSPS) is 14.2. The Kier molecular flexibility index (Phi) is 8.16. The lowest BCUT2D eigenvalue weighted by molar-refractivity contribution is -0.139. The van der Waals surface area contributed by atoms with Crippen molar-refractivity contribution in [2.75, 3.05) is 13.1 Å². The van der Waals surface area contributed by atoms with Gasteiger partial charge in [0.2, 0.25) is 5.91 Å². The summed E-state index contributed by atoms with van der Waals surface area (Å²) >= 11 is 0. The summed E-state index contributed by atoms with van der Waals surface area (Å²) in [5, 5.41) is 4.89. The molecule has 0 heterocycles. The predicted molar refractivity (Wildman–Crippen MR) is 74.5 cm³/mol. The van der Waals surface area contributed by atoms with E-state index in [-0.39, 0.29) is 5.41 Å². The minimum Gasteiger partial charge on any atom is -0.346 e. The Morgan fingerprint density at radius 3 is 2.25 bits per heavy atom. The van der Waals surface area contributed by atoms with Gasteiger partial charge >= 0.3 is 6.18 Å². The molecule has 1 amide bonds. The topological polar surface area (TPSA) is 41.1 Å². The van der Waals surface area contributed by atoms with Crippen LogP contribution in [0.4, 0.5) is 13.2 Å². The molecule has 1 atom stereocenters. The Hall–Kier alpha value is -0.780. The second-order valence-corrected chi connectivity index (χ2v) is 6.06. The lowest BCUT2D eigenvalue weighted by Gasteiger charge is -2.27. The number of hydrogen-bond donors (Lipinski definition) is 2. The number of rotatable bonds is 9. The Morgan fingerprint density at radius 1 is 1.15 bits per heavy atom. The van der Waals surface area contributed by atoms with Crippen LogP contribution in [0, 0.1) is 5.41 Å². The van der Waals surface area contributed by atoms with E-state index in [4.69, 9.17) is 0 Å². The Morgan fingerprint density at radius 2 is 1.75 bits per heavy atom. The number of hydrogen-bond acceptors (Lipinski definition) is 2. The first-order chi connectivity index (χ1) is 9.07. The van der Waals surface area contributed by atoms with Gasteiger partial charge < -0.3 is 10.6 Å². The average Bonchev–Trinajstić information content (AvgIpc) is 2.32. The summed E-state index contributed by atoms with van der Waals surface area (Å²) in [5.74, 6) is -0.619. The molecular formula is C14H27F3N2O. The summed E-state index contributed by atoms with van der Waals surface area (Å²) in [6.07, 6.45) is 0.115. The zero-order valence-corrected chi connectivity index (χ0v) is 12.9. The zero-order valence-electron chi connectivity index (χ0n) is 12.9. The average molecular weight is 296 g/mol. The molecule has 6 heteroatoms. The molecule has 0 rings (SSSR count). The fourth-order valence-electron chi connectivity index (χ4n) is 1.80. The summed E-state index contributed by atoms with van der Waals surface area (Å²) in [5.41, 5.74) is 0.0355. The SMILES string of the molecule is CCCCCC(C)(C)CNC(C)C(=O)NCC(F)(F)F. The molecule has 0 saturated carbocycles. The number of halogens is 3. The van der Waals surface area contributed by atoms with E-state index < -0.39 is 24.7 Å². The van der Waals surface area contributed by atoms with Crippen molar-refractivity contribution in [3.05, 3.63) is 0 Å². The first kappa shape index (κ1) is 19.2. The van der Waals surface area contributed by atoms with Gasteiger partial charge in [-0.25, -0.2) is 0 Å². The number of carbonyl (C=O) groups is 1. The first-order valence-electron chi connectivity index (χ1n) is 7.15. The van der Waals surface area contributed by atoms with Gasteiger partial charge in [0, 0.05) is 6.54 Å². The summed E-state index contributed by atoms with van der Waals surface area (Å²) in [7, 11) is 0. The summed E-state index contributed by atoms with van der Waals surface area (Å²) in [6.45, 7) is 7.23. The van der Waals surface area contributed by atoms with Gasteiger partial charge in [-0.05, 0) is 18.8 Å². The molecule has 0 aliphatic carbocycles. The molecule has 0 bridgehead atoms. The van der Waals surface area contributed by atoms with Crippen LogP contribution in [-0.4, -0.2) is 31.2 Å². The molecule has 0 aromatic heterocycles. The van der Waals surface area contributed by atoms with Crippen molar-refractivity contribution in [3.63, 3.8) is 0 Å². The highest BCUT2D eigenvalue weighted by molar-refractivity contribution is 5.81. The summed E-state index contributed by atoms with van der Waals surface area (Å²) in [6, 6.07) is -0.622. The van der Waals surface area contributed by atoms with Crippen LogP contribution in [0.1, 0.15) is 53.4 Å². The molecule has 0 aliphatic heterocycles. The minimum absolute atomic E-state index is 0.0355. The molecule has 2 N–H and O–H groups in total. The Balaban J connectivity index is 4.01. The van der Waals surface area contributed by atoms with Gasteiger partial charge in [0.1, 0.15) is 6.54 Å². The number of nitrogens with one attached hydrogen (secondary N) is 2. The third-order valence-electron chi connectivity index (χ3n) is 3.20. The number of alkyl halides is 3. The van der Waals surface area contributed by atoms with Crippen molar-refractivity contribution >= 4 is 5.91 Å². The highest BCUT2D eigenvalue weighted by Gasteiger charge is 2.29. The lowest BCUT2D eigenvalue weighted by atomic mass is 9.86. The van der Waals surface area contributed by atoms with Gasteiger partial charge in [0.05, 0.1) is 6.04 Å². The standard InChI is InChI=1S/C14H27F3N2O/c1-5-6-7-8-13(3,4)9-18-11(2)12(20)19-10-14(15,16)17/h11,18H,5-10H2,1-4H3,(H,19,20). The quantitative estimate of drug-likeness (QED) is 0.641. The molecule has 3 nitrogen and oxygen atoms in total. The molecule has 0 fully saturated rings. The van der Waals surface area contributed by atoms with E-state index in [2.05, 4.69) is 26.1 Å². The fraction of sp³-hybridized carbons (Fsp3) is 0.929. The van der Waals surface area contributed by atoms with Crippen LogP contribution in [-0.2, 0) is 4.79 Å². The highest BCUT2D eigenvalue weighted by atomic mass is 19.4. The minimum atomic E-state index is -4.37. The van der Waals surface area contributed by atoms with E-state index in [0.29, 0.717) is 6.54 Å². The molecular weight excluding hydrogens is 269 g/mol. The van der Waals surface area contributed by atoms with Crippen LogP contribution in [0.25, 0.3) is 0 Å². The molecule has 0 saturated heterocycles. The summed E-state index contributed by atoms with van der Waals surface area (Å²) < 4.78 is 36.0. The maximum absolute atomic E-state index is 12.0. The molecule has 0 spiro atoms. The van der Waals surface area contributed by atoms with Crippen molar-refractivity contribution in [2.24, 2.45) is 5.41 Å². The van der Waals surface area contributed by atoms with Crippen molar-refractivity contribution in [1.29, 1.82) is 0 Å². The fourth-order valence-corrected chi connectivity index (χ4v) is 1.80. The van der Waals surface area contributed by atoms with E-state index in [1.54, 1.807) is 6.92 Å². The Bertz CT molecular complexity index is 291. The predicted octanol–water partition coefficient (Wildman–Crippen LogP) is 3.25. The molecule has 20 heavy (non-hydrogen) atoms. The highest BCUT2D eigenvalue weighted by Crippen LogP contribution is 2.22. The van der Waals surface area contributed by atoms with Crippen molar-refractivity contribution < 1.29 is 18.0 Å². The van der Waals surface area contributed by atoms with Gasteiger partial charge in [0.25, 0.3) is 0 Å². The monoisotopic (exact) mass is 296 g/mol. The van der Waals surface area contributed by atoms with Crippen molar-refractivity contribution in [2.45, 2.75) is 65.6 Å². The molecule has 120 valence electrons. The lowest BCUT2D eigenvalue weighted by Crippen LogP contribution is -2.47. The van der Waals surface area contributed by atoms with E-state index in [9.17, 15) is 18.0 Å². The molecule has 0 aromatic rings. The Labute approximate surface area is 119 Å². The van der Waals surface area contributed by atoms with Crippen molar-refractivity contribution in [3.8, 4) is 0 Å². The van der Waals surface area contributed by atoms with Gasteiger partial charge in [-0.2, -0.15) is 13.2 Å². The maximum Gasteiger partial charge on any atom is 0.405 e. The molecule has 0 radical (unpaired) electrons. The smallest absolute Gasteiger partial charge is 0.346 e. The van der Waals surface area contributed by atoms with Gasteiger partial charge in [-0.1, -0.05) is 40.0 Å². The first-order valence-corrected chi connectivity index (χ1v) is 7.15. The van der Waals surface area contributed by atoms with Crippen LogP contribution < -0.4 is 10.6 Å². The summed E-state index contributed by atoms with van der Waals surface area (Å²) in [4.78, 5) is 11.5. The van der Waals surface area contributed by atoms with Crippen LogP contribution in [0.15, 0.2) is 0 Å². The van der Waals surface area contributed by atoms with Crippen molar-refractivity contribution in [1.82, 2.24) is 10.6 Å². The zero-order chi connectivity index (χ0) is 15.8. The van der Waals surface area contributed by atoms with Crippen LogP contribution >= 0.6 is 0 Å². The second-order valence-electron chi connectivity index (χ2n) is 6.06. The van der Waals surface area contributed by atoms with Crippen LogP contribution in [0.5, 0.6) is 0 Å². The van der Waals surface area contributed by atoms with E-state index in [0.717, 1.165) is 19.3 Å².